The molecule has 1 heterocycles. The van der Waals surface area contributed by atoms with Crippen LogP contribution in [0.15, 0.2) is 18.7 Å². The van der Waals surface area contributed by atoms with Gasteiger partial charge in [0.15, 0.2) is 0 Å². The molecule has 1 fully saturated rings. The highest BCUT2D eigenvalue weighted by atomic mass is 16.1. The van der Waals surface area contributed by atoms with Crippen molar-refractivity contribution < 1.29 is 4.79 Å². The molecule has 0 spiro atoms. The predicted octanol–water partition coefficient (Wildman–Crippen LogP) is 0.615. The van der Waals surface area contributed by atoms with E-state index in [4.69, 9.17) is 0 Å². The number of amides is 1. The first-order chi connectivity index (χ1) is 6.27. The lowest BCUT2D eigenvalue weighted by atomic mass is 10.3. The molecule has 2 rings (SSSR count). The van der Waals surface area contributed by atoms with E-state index in [1.54, 1.807) is 0 Å². The molecule has 0 unspecified atom stereocenters. The Kier molecular flexibility index (Phi) is 1.96. The van der Waals surface area contributed by atoms with Crippen LogP contribution in [0.5, 0.6) is 0 Å². The summed E-state index contributed by atoms with van der Waals surface area (Å²) in [5.41, 5.74) is 0.529. The minimum absolute atomic E-state index is 0.0741. The number of hydrogen-bond donors (Lipinski definition) is 1. The number of rotatable bonds is 2. The fraction of sp³-hybridized carbons (Fsp3) is 0.444. The van der Waals surface area contributed by atoms with Gasteiger partial charge in [-0.05, 0) is 12.3 Å². The van der Waals surface area contributed by atoms with E-state index < -0.39 is 0 Å². The minimum atomic E-state index is -0.0741. The van der Waals surface area contributed by atoms with Gasteiger partial charge in [0.1, 0.15) is 6.33 Å². The zero-order chi connectivity index (χ0) is 9.26. The minimum Gasteiger partial charge on any atom is -0.349 e. The van der Waals surface area contributed by atoms with Crippen LogP contribution in [0.4, 0.5) is 0 Å². The van der Waals surface area contributed by atoms with Gasteiger partial charge in [-0.2, -0.15) is 0 Å². The van der Waals surface area contributed by atoms with Gasteiger partial charge in [-0.3, -0.25) is 4.79 Å². The fourth-order valence-electron chi connectivity index (χ4n) is 1.19. The van der Waals surface area contributed by atoms with E-state index in [1.807, 2.05) is 0 Å². The zero-order valence-electron chi connectivity index (χ0n) is 7.40. The topological polar surface area (TPSA) is 54.9 Å². The summed E-state index contributed by atoms with van der Waals surface area (Å²) in [6.45, 7) is 2.12. The summed E-state index contributed by atoms with van der Waals surface area (Å²) < 4.78 is 0. The molecule has 0 aliphatic heterocycles. The molecule has 1 aliphatic rings. The van der Waals surface area contributed by atoms with Crippen molar-refractivity contribution in [3.05, 3.63) is 24.3 Å². The summed E-state index contributed by atoms with van der Waals surface area (Å²) in [7, 11) is 0. The van der Waals surface area contributed by atoms with E-state index in [1.165, 1.54) is 18.7 Å². The van der Waals surface area contributed by atoms with E-state index in [0.29, 0.717) is 17.5 Å². The molecular formula is C9H11N3O. The second-order valence-electron chi connectivity index (χ2n) is 3.42. The van der Waals surface area contributed by atoms with Crippen molar-refractivity contribution in [1.82, 2.24) is 15.3 Å². The van der Waals surface area contributed by atoms with E-state index >= 15 is 0 Å². The van der Waals surface area contributed by atoms with Gasteiger partial charge < -0.3 is 5.32 Å². The smallest absolute Gasteiger partial charge is 0.254 e. The third kappa shape index (κ3) is 1.83. The van der Waals surface area contributed by atoms with Crippen molar-refractivity contribution in [1.29, 1.82) is 0 Å². The van der Waals surface area contributed by atoms with Crippen LogP contribution in [-0.4, -0.2) is 21.9 Å². The molecule has 4 nitrogen and oxygen atoms in total. The molecule has 0 bridgehead atoms. The standard InChI is InChI=1S/C9H11N3O/c1-6-2-8(6)12-9(13)7-3-10-5-11-4-7/h3-6,8H,2H2,1H3,(H,12,13)/t6-,8-/m1/s1. The number of carbonyl (C=O) groups excluding carboxylic acids is 1. The van der Waals surface area contributed by atoms with Gasteiger partial charge in [0.05, 0.1) is 5.56 Å². The molecule has 4 heteroatoms. The lowest BCUT2D eigenvalue weighted by Gasteiger charge is -2.01. The Labute approximate surface area is 76.4 Å². The molecule has 1 N–H and O–H groups in total. The van der Waals surface area contributed by atoms with Gasteiger partial charge in [0.2, 0.25) is 0 Å². The normalized spacial score (nSPS) is 25.3. The number of aromatic nitrogens is 2. The molecule has 68 valence electrons. The first-order valence-electron chi connectivity index (χ1n) is 4.33. The van der Waals surface area contributed by atoms with Gasteiger partial charge >= 0.3 is 0 Å². The Hall–Kier alpha value is -1.45. The highest BCUT2D eigenvalue weighted by molar-refractivity contribution is 5.93. The van der Waals surface area contributed by atoms with Gasteiger partial charge in [-0.1, -0.05) is 6.92 Å². The van der Waals surface area contributed by atoms with E-state index in [9.17, 15) is 4.79 Å². The predicted molar refractivity (Wildman–Crippen MR) is 47.1 cm³/mol. The van der Waals surface area contributed by atoms with Crippen LogP contribution in [0.2, 0.25) is 0 Å². The average molecular weight is 177 g/mol. The van der Waals surface area contributed by atoms with Crippen molar-refractivity contribution in [3.8, 4) is 0 Å². The molecule has 1 amide bonds. The van der Waals surface area contributed by atoms with E-state index in [2.05, 4.69) is 22.2 Å². The monoisotopic (exact) mass is 177 g/mol. The lowest BCUT2D eigenvalue weighted by Crippen LogP contribution is -2.26. The van der Waals surface area contributed by atoms with Gasteiger partial charge in [-0.15, -0.1) is 0 Å². The number of carbonyl (C=O) groups is 1. The largest absolute Gasteiger partial charge is 0.349 e. The van der Waals surface area contributed by atoms with Crippen molar-refractivity contribution >= 4 is 5.91 Å². The Morgan fingerprint density at radius 1 is 1.54 bits per heavy atom. The van der Waals surface area contributed by atoms with Crippen LogP contribution in [0, 0.1) is 5.92 Å². The Morgan fingerprint density at radius 3 is 2.69 bits per heavy atom. The summed E-state index contributed by atoms with van der Waals surface area (Å²) in [6.07, 6.45) is 5.54. The van der Waals surface area contributed by atoms with Crippen molar-refractivity contribution in [2.24, 2.45) is 5.92 Å². The van der Waals surface area contributed by atoms with Crippen LogP contribution in [0.3, 0.4) is 0 Å². The van der Waals surface area contributed by atoms with E-state index in [-0.39, 0.29) is 5.91 Å². The maximum absolute atomic E-state index is 11.4. The van der Waals surface area contributed by atoms with Gasteiger partial charge in [0, 0.05) is 18.4 Å². The Bertz CT molecular complexity index is 312. The van der Waals surface area contributed by atoms with Crippen LogP contribution in [0.25, 0.3) is 0 Å². The Balaban J connectivity index is 1.98. The molecule has 0 radical (unpaired) electrons. The summed E-state index contributed by atoms with van der Waals surface area (Å²) >= 11 is 0. The molecule has 2 atom stereocenters. The summed E-state index contributed by atoms with van der Waals surface area (Å²) in [4.78, 5) is 19.0. The SMILES string of the molecule is C[C@@H]1C[C@H]1NC(=O)c1cncnc1. The highest BCUT2D eigenvalue weighted by Gasteiger charge is 2.33. The summed E-state index contributed by atoms with van der Waals surface area (Å²) in [5, 5.41) is 2.90. The Morgan fingerprint density at radius 2 is 2.15 bits per heavy atom. The van der Waals surface area contributed by atoms with Gasteiger partial charge in [-0.25, -0.2) is 9.97 Å². The van der Waals surface area contributed by atoms with Crippen LogP contribution >= 0.6 is 0 Å². The zero-order valence-corrected chi connectivity index (χ0v) is 7.40. The number of hydrogen-bond acceptors (Lipinski definition) is 3. The number of nitrogens with one attached hydrogen (secondary N) is 1. The molecule has 1 aromatic heterocycles. The first-order valence-corrected chi connectivity index (χ1v) is 4.33. The maximum Gasteiger partial charge on any atom is 0.254 e. The molecule has 1 aliphatic carbocycles. The molecule has 1 saturated carbocycles. The summed E-state index contributed by atoms with van der Waals surface area (Å²) in [6, 6.07) is 0.354. The maximum atomic E-state index is 11.4. The molecular weight excluding hydrogens is 166 g/mol. The molecule has 1 aromatic rings. The third-order valence-electron chi connectivity index (χ3n) is 2.25. The lowest BCUT2D eigenvalue weighted by molar-refractivity contribution is 0.0948. The molecule has 13 heavy (non-hydrogen) atoms. The van der Waals surface area contributed by atoms with Crippen LogP contribution < -0.4 is 5.32 Å². The average Bonchev–Trinajstić information content (AvgIpc) is 2.83. The van der Waals surface area contributed by atoms with Crippen LogP contribution in [0.1, 0.15) is 23.7 Å². The third-order valence-corrected chi connectivity index (χ3v) is 2.25. The van der Waals surface area contributed by atoms with Crippen molar-refractivity contribution in [3.63, 3.8) is 0 Å². The number of nitrogens with zero attached hydrogens (tertiary/aromatic N) is 2. The van der Waals surface area contributed by atoms with Crippen LogP contribution in [-0.2, 0) is 0 Å². The van der Waals surface area contributed by atoms with Crippen molar-refractivity contribution in [2.45, 2.75) is 19.4 Å². The van der Waals surface area contributed by atoms with Crippen molar-refractivity contribution in [2.75, 3.05) is 0 Å². The highest BCUT2D eigenvalue weighted by Crippen LogP contribution is 2.29. The molecule has 0 saturated heterocycles. The quantitative estimate of drug-likeness (QED) is 0.720. The second-order valence-corrected chi connectivity index (χ2v) is 3.42. The molecule has 0 aromatic carbocycles. The first kappa shape index (κ1) is 8.16. The van der Waals surface area contributed by atoms with E-state index in [0.717, 1.165) is 6.42 Å². The summed E-state index contributed by atoms with van der Waals surface area (Å²) in [5.74, 6) is 0.545. The fourth-order valence-corrected chi connectivity index (χ4v) is 1.19. The van der Waals surface area contributed by atoms with Gasteiger partial charge in [0.25, 0.3) is 5.91 Å². The second kappa shape index (κ2) is 3.12.